The summed E-state index contributed by atoms with van der Waals surface area (Å²) in [4.78, 5) is 77.0. The number of hydrogen-bond donors (Lipinski definition) is 0. The van der Waals surface area contributed by atoms with Crippen LogP contribution in [-0.4, -0.2) is 66.5 Å². The molecule has 3 aromatic carbocycles. The number of carbonyl (C=O) groups excluding carboxylic acids is 6. The molecule has 0 N–H and O–H groups in total. The van der Waals surface area contributed by atoms with Crippen LogP contribution >= 0.6 is 0 Å². The third kappa shape index (κ3) is 6.29. The molecule has 1 heterocycles. The first-order valence-electron chi connectivity index (χ1n) is 14.3. The molecule has 0 radical (unpaired) electrons. The fourth-order valence-corrected chi connectivity index (χ4v) is 5.83. The molecular formula is C34H29FO11. The van der Waals surface area contributed by atoms with Gasteiger partial charge in [-0.3, -0.25) is 28.8 Å². The molecule has 0 amide bonds. The van der Waals surface area contributed by atoms with E-state index in [9.17, 15) is 33.2 Å². The van der Waals surface area contributed by atoms with E-state index in [4.69, 9.17) is 23.7 Å². The number of ether oxygens (including phenoxy) is 5. The Morgan fingerprint density at radius 1 is 0.652 bits per heavy atom. The molecule has 238 valence electrons. The number of carbonyl (C=O) groups is 6. The van der Waals surface area contributed by atoms with Gasteiger partial charge in [-0.1, -0.05) is 48.5 Å². The van der Waals surface area contributed by atoms with E-state index in [2.05, 4.69) is 0 Å². The molecule has 11 nitrogen and oxygen atoms in total. The minimum atomic E-state index is -1.50. The number of esters is 4. The number of ketones is 2. The molecule has 1 saturated heterocycles. The fraction of sp³-hybridized carbons (Fsp3) is 0.294. The van der Waals surface area contributed by atoms with E-state index >= 15 is 0 Å². The first-order chi connectivity index (χ1) is 21.9. The molecule has 3 aromatic rings. The Morgan fingerprint density at radius 3 is 1.76 bits per heavy atom. The fourth-order valence-electron chi connectivity index (χ4n) is 5.83. The molecule has 2 aliphatic rings. The number of benzene rings is 3. The van der Waals surface area contributed by atoms with Crippen LogP contribution in [-0.2, 0) is 42.9 Å². The van der Waals surface area contributed by atoms with Gasteiger partial charge >= 0.3 is 23.9 Å². The van der Waals surface area contributed by atoms with Gasteiger partial charge in [0.2, 0.25) is 0 Å². The van der Waals surface area contributed by atoms with Crippen LogP contribution in [0.25, 0.3) is 11.1 Å². The van der Waals surface area contributed by atoms with Crippen molar-refractivity contribution in [2.45, 2.75) is 58.2 Å². The predicted molar refractivity (Wildman–Crippen MR) is 156 cm³/mol. The third-order valence-corrected chi connectivity index (χ3v) is 7.56. The number of halogens is 1. The topological polar surface area (TPSA) is 149 Å². The minimum absolute atomic E-state index is 0.000616. The average molecular weight is 633 g/mol. The molecule has 0 aromatic heterocycles. The van der Waals surface area contributed by atoms with Crippen molar-refractivity contribution in [3.63, 3.8) is 0 Å². The summed E-state index contributed by atoms with van der Waals surface area (Å²) < 4.78 is 42.0. The van der Waals surface area contributed by atoms with E-state index in [1.807, 2.05) is 0 Å². The molecular weight excluding hydrogens is 603 g/mol. The Bertz CT molecular complexity index is 1750. The Kier molecular flexibility index (Phi) is 9.10. The van der Waals surface area contributed by atoms with Crippen LogP contribution < -0.4 is 0 Å². The van der Waals surface area contributed by atoms with Gasteiger partial charge in [-0.2, -0.15) is 0 Å². The maximum absolute atomic E-state index is 14.2. The summed E-state index contributed by atoms with van der Waals surface area (Å²) in [5, 5.41) is 0. The van der Waals surface area contributed by atoms with E-state index in [0.717, 1.165) is 27.7 Å². The third-order valence-electron chi connectivity index (χ3n) is 7.56. The lowest BCUT2D eigenvalue weighted by Gasteiger charge is -2.45. The second-order valence-corrected chi connectivity index (χ2v) is 10.8. The predicted octanol–water partition coefficient (Wildman–Crippen LogP) is 4.07. The second-order valence-electron chi connectivity index (χ2n) is 10.8. The van der Waals surface area contributed by atoms with Crippen molar-refractivity contribution in [2.24, 2.45) is 0 Å². The van der Waals surface area contributed by atoms with Gasteiger partial charge in [0.05, 0.1) is 0 Å². The van der Waals surface area contributed by atoms with E-state index in [0.29, 0.717) is 11.1 Å². The summed E-state index contributed by atoms with van der Waals surface area (Å²) in [5.74, 6) is -4.66. The molecule has 5 rings (SSSR count). The Hall–Kier alpha value is -5.23. The van der Waals surface area contributed by atoms with Crippen LogP contribution in [0.5, 0.6) is 0 Å². The maximum Gasteiger partial charge on any atom is 0.303 e. The first kappa shape index (κ1) is 32.2. The van der Waals surface area contributed by atoms with Crippen molar-refractivity contribution in [1.82, 2.24) is 0 Å². The monoisotopic (exact) mass is 632 g/mol. The SMILES string of the molecule is CC(=O)OC[C@H]1O[C@@H](c2ccc(-c3ccc(F)cc3)c3c2C(=O)c2ccccc2C3=O)[C@H](OC(C)=O)[C@@H](OC(C)=O)[C@@H]1OC(C)=O. The average Bonchev–Trinajstić information content (AvgIpc) is 3.00. The number of hydrogen-bond acceptors (Lipinski definition) is 11. The molecule has 0 bridgehead atoms. The molecule has 0 saturated carbocycles. The summed E-state index contributed by atoms with van der Waals surface area (Å²) >= 11 is 0. The van der Waals surface area contributed by atoms with Crippen molar-refractivity contribution < 1.29 is 56.8 Å². The van der Waals surface area contributed by atoms with Crippen LogP contribution in [0.2, 0.25) is 0 Å². The van der Waals surface area contributed by atoms with Gasteiger partial charge in [0.1, 0.15) is 24.6 Å². The largest absolute Gasteiger partial charge is 0.463 e. The smallest absolute Gasteiger partial charge is 0.303 e. The summed E-state index contributed by atoms with van der Waals surface area (Å²) in [6, 6.07) is 14.7. The standard InChI is InChI=1S/C34H29FO11/c1-16(36)42-15-26-32(43-17(2)37)34(45-19(4)39)33(44-18(3)38)31(46-26)25-14-13-22(20-9-11-21(35)12-10-20)27-28(25)30(41)24-8-6-5-7-23(24)29(27)40/h5-14,26,31-34H,15H2,1-4H3/t26-,31+,32-,33+,34+/m1/s1. The van der Waals surface area contributed by atoms with E-state index in [1.54, 1.807) is 18.2 Å². The van der Waals surface area contributed by atoms with E-state index in [1.165, 1.54) is 42.5 Å². The van der Waals surface area contributed by atoms with Crippen molar-refractivity contribution in [3.05, 3.63) is 94.3 Å². The van der Waals surface area contributed by atoms with Crippen molar-refractivity contribution >= 4 is 35.4 Å². The van der Waals surface area contributed by atoms with Crippen molar-refractivity contribution in [2.75, 3.05) is 6.61 Å². The summed E-state index contributed by atoms with van der Waals surface area (Å²) in [6.07, 6.45) is -7.07. The zero-order valence-electron chi connectivity index (χ0n) is 25.2. The van der Waals surface area contributed by atoms with E-state index < -0.39 is 78.4 Å². The van der Waals surface area contributed by atoms with Gasteiger partial charge in [0.15, 0.2) is 29.9 Å². The van der Waals surface area contributed by atoms with Crippen LogP contribution in [0.15, 0.2) is 60.7 Å². The highest BCUT2D eigenvalue weighted by atomic mass is 19.1. The number of rotatable bonds is 7. The van der Waals surface area contributed by atoms with Gasteiger partial charge in [-0.25, -0.2) is 4.39 Å². The van der Waals surface area contributed by atoms with Crippen LogP contribution in [0.3, 0.4) is 0 Å². The number of fused-ring (bicyclic) bond motifs is 2. The molecule has 0 unspecified atom stereocenters. The van der Waals surface area contributed by atoms with Gasteiger partial charge in [0, 0.05) is 49.9 Å². The zero-order valence-corrected chi connectivity index (χ0v) is 25.2. The van der Waals surface area contributed by atoms with E-state index in [-0.39, 0.29) is 27.8 Å². The lowest BCUT2D eigenvalue weighted by atomic mass is 9.76. The summed E-state index contributed by atoms with van der Waals surface area (Å²) in [6.45, 7) is 3.98. The molecule has 5 atom stereocenters. The van der Waals surface area contributed by atoms with Gasteiger partial charge in [0.25, 0.3) is 0 Å². The van der Waals surface area contributed by atoms with Gasteiger partial charge < -0.3 is 23.7 Å². The summed E-state index contributed by atoms with van der Waals surface area (Å²) in [5.41, 5.74) is 1.06. The van der Waals surface area contributed by atoms with Crippen LogP contribution in [0.1, 0.15) is 71.2 Å². The van der Waals surface area contributed by atoms with Crippen molar-refractivity contribution in [1.29, 1.82) is 0 Å². The Labute approximate surface area is 262 Å². The lowest BCUT2D eigenvalue weighted by molar-refractivity contribution is -0.254. The Morgan fingerprint density at radius 2 is 1.20 bits per heavy atom. The molecule has 1 fully saturated rings. The zero-order chi connectivity index (χ0) is 33.3. The quantitative estimate of drug-likeness (QED) is 0.214. The highest BCUT2D eigenvalue weighted by Gasteiger charge is 2.53. The molecule has 46 heavy (non-hydrogen) atoms. The summed E-state index contributed by atoms with van der Waals surface area (Å²) in [7, 11) is 0. The molecule has 0 spiro atoms. The van der Waals surface area contributed by atoms with Gasteiger partial charge in [-0.05, 0) is 28.8 Å². The highest BCUT2D eigenvalue weighted by molar-refractivity contribution is 6.30. The van der Waals surface area contributed by atoms with Crippen LogP contribution in [0.4, 0.5) is 4.39 Å². The second kappa shape index (κ2) is 13.0. The Balaban J connectivity index is 1.76. The first-order valence-corrected chi connectivity index (χ1v) is 14.3. The minimum Gasteiger partial charge on any atom is -0.463 e. The highest BCUT2D eigenvalue weighted by Crippen LogP contribution is 2.44. The van der Waals surface area contributed by atoms with Crippen LogP contribution in [0, 0.1) is 5.82 Å². The van der Waals surface area contributed by atoms with Gasteiger partial charge in [-0.15, -0.1) is 0 Å². The molecule has 1 aliphatic carbocycles. The van der Waals surface area contributed by atoms with Crippen molar-refractivity contribution in [3.8, 4) is 11.1 Å². The normalized spacial score (nSPS) is 21.8. The lowest BCUT2D eigenvalue weighted by Crippen LogP contribution is -2.59. The molecule has 12 heteroatoms. The molecule has 1 aliphatic heterocycles. The maximum atomic E-state index is 14.2.